The molecule has 3 aromatic rings. The van der Waals surface area contributed by atoms with E-state index in [2.05, 4.69) is 20.4 Å². The van der Waals surface area contributed by atoms with Crippen molar-refractivity contribution in [1.29, 1.82) is 0 Å². The maximum absolute atomic E-state index is 11.5. The molecule has 4 rings (SSSR count). The summed E-state index contributed by atoms with van der Waals surface area (Å²) in [6.07, 6.45) is 3.28. The summed E-state index contributed by atoms with van der Waals surface area (Å²) in [6.45, 7) is 0. The third-order valence-corrected chi connectivity index (χ3v) is 5.40. The van der Waals surface area contributed by atoms with Crippen LogP contribution >= 0.6 is 11.6 Å². The van der Waals surface area contributed by atoms with Gasteiger partial charge in [0, 0.05) is 22.2 Å². The molecule has 7 nitrogen and oxygen atoms in total. The van der Waals surface area contributed by atoms with Gasteiger partial charge in [0.15, 0.2) is 5.54 Å². The molecule has 2 aromatic carbocycles. The predicted octanol–water partition coefficient (Wildman–Crippen LogP) is 3.23. The van der Waals surface area contributed by atoms with E-state index < -0.39 is 15.6 Å². The van der Waals surface area contributed by atoms with Gasteiger partial charge in [-0.3, -0.25) is 4.98 Å². The second-order valence-electron chi connectivity index (χ2n) is 5.79. The molecule has 1 atom stereocenters. The normalized spacial score (nSPS) is 19.3. The lowest BCUT2D eigenvalue weighted by molar-refractivity contribution is 0.597. The lowest BCUT2D eigenvalue weighted by Gasteiger charge is -2.24. The van der Waals surface area contributed by atoms with Crippen LogP contribution in [0, 0.1) is 0 Å². The first-order valence-corrected chi connectivity index (χ1v) is 9.47. The molecular formula is C17H12ClN5O2S. The monoisotopic (exact) mass is 385 g/mol. The lowest BCUT2D eigenvalue weighted by Crippen LogP contribution is -2.25. The molecule has 26 heavy (non-hydrogen) atoms. The average molecular weight is 386 g/mol. The number of halogens is 1. The molecule has 0 fully saturated rings. The molecule has 0 amide bonds. The number of aromatic nitrogens is 1. The van der Waals surface area contributed by atoms with Gasteiger partial charge in [-0.2, -0.15) is 0 Å². The first-order valence-electron chi connectivity index (χ1n) is 7.55. The van der Waals surface area contributed by atoms with Gasteiger partial charge in [-0.25, -0.2) is 13.6 Å². The van der Waals surface area contributed by atoms with Crippen molar-refractivity contribution in [3.05, 3.63) is 70.9 Å². The zero-order chi connectivity index (χ0) is 18.4. The van der Waals surface area contributed by atoms with E-state index in [1.807, 2.05) is 12.1 Å². The van der Waals surface area contributed by atoms with E-state index in [1.165, 1.54) is 12.1 Å². The topological polar surface area (TPSA) is 110 Å². The van der Waals surface area contributed by atoms with E-state index in [0.29, 0.717) is 16.1 Å². The Hall–Kier alpha value is -2.68. The summed E-state index contributed by atoms with van der Waals surface area (Å²) in [5.41, 5.74) is 1.25. The molecule has 1 aliphatic heterocycles. The van der Waals surface area contributed by atoms with Gasteiger partial charge in [0.05, 0.1) is 16.6 Å². The van der Waals surface area contributed by atoms with Gasteiger partial charge in [0.25, 0.3) is 0 Å². The number of rotatable bonds is 3. The molecule has 0 aliphatic carbocycles. The van der Waals surface area contributed by atoms with E-state index in [9.17, 15) is 8.42 Å². The number of hydrogen-bond donors (Lipinski definition) is 1. The number of benzene rings is 2. The fraction of sp³-hybridized carbons (Fsp3) is 0.0588. The van der Waals surface area contributed by atoms with Crippen LogP contribution in [0.3, 0.4) is 0 Å². The van der Waals surface area contributed by atoms with E-state index in [-0.39, 0.29) is 4.90 Å². The van der Waals surface area contributed by atoms with E-state index in [4.69, 9.17) is 16.7 Å². The van der Waals surface area contributed by atoms with Crippen LogP contribution in [0.4, 0.5) is 0 Å². The van der Waals surface area contributed by atoms with Crippen LogP contribution in [0.1, 0.15) is 11.1 Å². The number of nitrogens with zero attached hydrogens (tertiary/aromatic N) is 4. The maximum Gasteiger partial charge on any atom is 0.238 e. The molecule has 0 spiro atoms. The Labute approximate surface area is 154 Å². The number of fused-ring (bicyclic) bond motifs is 1. The Morgan fingerprint density at radius 1 is 1.04 bits per heavy atom. The number of nitrogens with two attached hydrogens (primary N) is 1. The van der Waals surface area contributed by atoms with Crippen LogP contribution in [0.2, 0.25) is 5.02 Å². The lowest BCUT2D eigenvalue weighted by atomic mass is 9.83. The Morgan fingerprint density at radius 3 is 2.46 bits per heavy atom. The molecule has 2 N–H and O–H groups in total. The Kier molecular flexibility index (Phi) is 3.83. The van der Waals surface area contributed by atoms with Crippen LogP contribution in [0.15, 0.2) is 75.1 Å². The minimum Gasteiger partial charge on any atom is -0.256 e. The number of primary sulfonamides is 1. The SMILES string of the molecule is NS(=O)(=O)c1ccc(C2(c3ccnc4cc(Cl)ccc34)C=NN=N2)cc1. The Balaban J connectivity index is 1.95. The smallest absolute Gasteiger partial charge is 0.238 e. The van der Waals surface area contributed by atoms with Gasteiger partial charge in [0.2, 0.25) is 10.0 Å². The van der Waals surface area contributed by atoms with Crippen LogP contribution in [-0.4, -0.2) is 19.6 Å². The largest absolute Gasteiger partial charge is 0.256 e. The summed E-state index contributed by atoms with van der Waals surface area (Å²) in [5.74, 6) is 0. The summed E-state index contributed by atoms with van der Waals surface area (Å²) in [7, 11) is -3.78. The standard InChI is InChI=1S/C17H12ClN5O2S/c18-12-3-6-14-15(7-8-20-16(14)9-12)17(10-21-23-22-17)11-1-4-13(5-2-11)26(19,24)25/h1-10H,(H2,19,24,25). The molecule has 130 valence electrons. The van der Waals surface area contributed by atoms with Gasteiger partial charge < -0.3 is 0 Å². The molecular weight excluding hydrogens is 374 g/mol. The quantitative estimate of drug-likeness (QED) is 0.747. The Morgan fingerprint density at radius 2 is 1.81 bits per heavy atom. The van der Waals surface area contributed by atoms with Crippen molar-refractivity contribution in [2.45, 2.75) is 10.4 Å². The molecule has 0 bridgehead atoms. The van der Waals surface area contributed by atoms with Crippen molar-refractivity contribution in [3.63, 3.8) is 0 Å². The van der Waals surface area contributed by atoms with Gasteiger partial charge in [-0.1, -0.05) is 29.8 Å². The van der Waals surface area contributed by atoms with Crippen molar-refractivity contribution in [1.82, 2.24) is 4.98 Å². The van der Waals surface area contributed by atoms with Gasteiger partial charge >= 0.3 is 0 Å². The number of hydrogen-bond acceptors (Lipinski definition) is 6. The van der Waals surface area contributed by atoms with E-state index in [0.717, 1.165) is 10.9 Å². The third kappa shape index (κ3) is 2.68. The van der Waals surface area contributed by atoms with Crippen molar-refractivity contribution in [3.8, 4) is 0 Å². The molecule has 1 aliphatic rings. The zero-order valence-corrected chi connectivity index (χ0v) is 14.8. The fourth-order valence-electron chi connectivity index (χ4n) is 3.00. The Bertz CT molecular complexity index is 1160. The highest BCUT2D eigenvalue weighted by Gasteiger charge is 2.37. The molecule has 2 heterocycles. The second-order valence-corrected chi connectivity index (χ2v) is 7.79. The average Bonchev–Trinajstić information content (AvgIpc) is 3.11. The van der Waals surface area contributed by atoms with Gasteiger partial charge in [0.1, 0.15) is 0 Å². The maximum atomic E-state index is 11.5. The molecule has 0 radical (unpaired) electrons. The third-order valence-electron chi connectivity index (χ3n) is 4.24. The molecule has 1 aromatic heterocycles. The summed E-state index contributed by atoms with van der Waals surface area (Å²) >= 11 is 6.07. The summed E-state index contributed by atoms with van der Waals surface area (Å²) in [6, 6.07) is 13.4. The van der Waals surface area contributed by atoms with Crippen LogP contribution in [-0.2, 0) is 15.6 Å². The first kappa shape index (κ1) is 16.8. The van der Waals surface area contributed by atoms with Crippen LogP contribution in [0.5, 0.6) is 0 Å². The molecule has 1 unspecified atom stereocenters. The number of sulfonamides is 1. The minimum atomic E-state index is -3.78. The van der Waals surface area contributed by atoms with Crippen molar-refractivity contribution in [2.24, 2.45) is 20.6 Å². The van der Waals surface area contributed by atoms with Crippen molar-refractivity contribution < 1.29 is 8.42 Å². The van der Waals surface area contributed by atoms with Crippen LogP contribution in [0.25, 0.3) is 10.9 Å². The summed E-state index contributed by atoms with van der Waals surface area (Å²) in [5, 5.41) is 18.7. The zero-order valence-electron chi connectivity index (χ0n) is 13.2. The van der Waals surface area contributed by atoms with Gasteiger partial charge in [-0.05, 0) is 41.1 Å². The molecule has 9 heteroatoms. The van der Waals surface area contributed by atoms with Gasteiger partial charge in [-0.15, -0.1) is 10.2 Å². The minimum absolute atomic E-state index is 0.0228. The molecule has 0 saturated carbocycles. The highest BCUT2D eigenvalue weighted by atomic mass is 35.5. The van der Waals surface area contributed by atoms with Crippen molar-refractivity contribution in [2.75, 3.05) is 0 Å². The van der Waals surface area contributed by atoms with Crippen LogP contribution < -0.4 is 5.14 Å². The fourth-order valence-corrected chi connectivity index (χ4v) is 3.68. The predicted molar refractivity (Wildman–Crippen MR) is 98.7 cm³/mol. The summed E-state index contributed by atoms with van der Waals surface area (Å²) < 4.78 is 23.0. The highest BCUT2D eigenvalue weighted by Crippen LogP contribution is 2.39. The first-order chi connectivity index (χ1) is 12.4. The highest BCUT2D eigenvalue weighted by molar-refractivity contribution is 7.89. The number of pyridine rings is 1. The van der Waals surface area contributed by atoms with E-state index in [1.54, 1.807) is 36.7 Å². The summed E-state index contributed by atoms with van der Waals surface area (Å²) in [4.78, 5) is 4.37. The molecule has 0 saturated heterocycles. The second kappa shape index (κ2) is 5.94. The van der Waals surface area contributed by atoms with E-state index >= 15 is 0 Å². The van der Waals surface area contributed by atoms with Crippen molar-refractivity contribution >= 4 is 38.7 Å².